The standard InChI is InChI=1S/C13H17N5S2/c1-7-8(2)17-18-13(11(7)12(14)19)15-5-4-10-6-20-9(3)16-10/h6H,4-5H2,1-3H3,(H2,14,19)(H,15,18). The van der Waals surface area contributed by atoms with E-state index in [-0.39, 0.29) is 0 Å². The van der Waals surface area contributed by atoms with Crippen molar-refractivity contribution in [2.24, 2.45) is 5.73 Å². The van der Waals surface area contributed by atoms with Crippen LogP contribution >= 0.6 is 23.6 Å². The monoisotopic (exact) mass is 307 g/mol. The van der Waals surface area contributed by atoms with Crippen LogP contribution in [0.25, 0.3) is 0 Å². The van der Waals surface area contributed by atoms with Gasteiger partial charge in [-0.1, -0.05) is 12.2 Å². The van der Waals surface area contributed by atoms with Crippen molar-refractivity contribution in [2.45, 2.75) is 27.2 Å². The third-order valence-corrected chi connectivity index (χ3v) is 4.07. The maximum Gasteiger partial charge on any atom is 0.159 e. The van der Waals surface area contributed by atoms with E-state index in [4.69, 9.17) is 18.0 Å². The van der Waals surface area contributed by atoms with Gasteiger partial charge in [0.25, 0.3) is 0 Å². The third kappa shape index (κ3) is 3.29. The molecule has 0 radical (unpaired) electrons. The van der Waals surface area contributed by atoms with Crippen LogP contribution in [0.1, 0.15) is 27.5 Å². The van der Waals surface area contributed by atoms with Gasteiger partial charge >= 0.3 is 0 Å². The van der Waals surface area contributed by atoms with Gasteiger partial charge in [-0.05, 0) is 26.3 Å². The van der Waals surface area contributed by atoms with Crippen molar-refractivity contribution >= 4 is 34.4 Å². The number of hydrogen-bond donors (Lipinski definition) is 2. The van der Waals surface area contributed by atoms with Gasteiger partial charge in [-0.3, -0.25) is 0 Å². The SMILES string of the molecule is Cc1nc(CCNc2nnc(C)c(C)c2C(N)=S)cs1. The predicted octanol–water partition coefficient (Wildman–Crippen LogP) is 2.15. The molecule has 0 aromatic carbocycles. The molecule has 2 aromatic heterocycles. The van der Waals surface area contributed by atoms with E-state index in [2.05, 4.69) is 25.9 Å². The van der Waals surface area contributed by atoms with Crippen LogP contribution in [0.4, 0.5) is 5.82 Å². The zero-order chi connectivity index (χ0) is 14.7. The summed E-state index contributed by atoms with van der Waals surface area (Å²) in [4.78, 5) is 4.76. The quantitative estimate of drug-likeness (QED) is 0.824. The van der Waals surface area contributed by atoms with Crippen LogP contribution in [-0.4, -0.2) is 26.7 Å². The molecule has 5 nitrogen and oxygen atoms in total. The molecule has 7 heteroatoms. The van der Waals surface area contributed by atoms with Crippen LogP contribution in [0.15, 0.2) is 5.38 Å². The first-order valence-corrected chi connectivity index (χ1v) is 7.56. The van der Waals surface area contributed by atoms with Gasteiger partial charge in [0.1, 0.15) is 4.99 Å². The van der Waals surface area contributed by atoms with Gasteiger partial charge < -0.3 is 11.1 Å². The van der Waals surface area contributed by atoms with Crippen molar-refractivity contribution < 1.29 is 0 Å². The molecular weight excluding hydrogens is 290 g/mol. The minimum atomic E-state index is 0.340. The average Bonchev–Trinajstić information content (AvgIpc) is 2.79. The van der Waals surface area contributed by atoms with Crippen LogP contribution in [0.3, 0.4) is 0 Å². The summed E-state index contributed by atoms with van der Waals surface area (Å²) < 4.78 is 0. The number of thiocarbonyl (C=S) groups is 1. The fourth-order valence-corrected chi connectivity index (χ4v) is 2.76. The molecule has 0 aliphatic heterocycles. The first-order valence-electron chi connectivity index (χ1n) is 6.27. The Balaban J connectivity index is 2.09. The molecule has 0 spiro atoms. The number of nitrogens with two attached hydrogens (primary N) is 1. The Labute approximate surface area is 127 Å². The van der Waals surface area contributed by atoms with E-state index in [9.17, 15) is 0 Å². The van der Waals surface area contributed by atoms with Crippen molar-refractivity contribution in [3.63, 3.8) is 0 Å². The Morgan fingerprint density at radius 1 is 1.35 bits per heavy atom. The van der Waals surface area contributed by atoms with Crippen LogP contribution in [0.5, 0.6) is 0 Å². The summed E-state index contributed by atoms with van der Waals surface area (Å²) in [6, 6.07) is 0. The van der Waals surface area contributed by atoms with E-state index >= 15 is 0 Å². The van der Waals surface area contributed by atoms with E-state index in [1.165, 1.54) is 0 Å². The number of nitrogens with one attached hydrogen (secondary N) is 1. The molecule has 3 N–H and O–H groups in total. The molecule has 106 valence electrons. The molecule has 0 saturated carbocycles. The third-order valence-electron chi connectivity index (χ3n) is 3.04. The van der Waals surface area contributed by atoms with Gasteiger partial charge in [0.15, 0.2) is 5.82 Å². The minimum Gasteiger partial charge on any atom is -0.389 e. The summed E-state index contributed by atoms with van der Waals surface area (Å²) in [5, 5.41) is 14.6. The van der Waals surface area contributed by atoms with Gasteiger partial charge in [0, 0.05) is 18.3 Å². The largest absolute Gasteiger partial charge is 0.389 e. The van der Waals surface area contributed by atoms with E-state index in [1.807, 2.05) is 20.8 Å². The Bertz CT molecular complexity index is 636. The maximum absolute atomic E-state index is 5.78. The number of thiazole rings is 1. The fourth-order valence-electron chi connectivity index (χ4n) is 1.87. The van der Waals surface area contributed by atoms with Gasteiger partial charge in [0.05, 0.1) is 22.0 Å². The lowest BCUT2D eigenvalue weighted by Gasteiger charge is -2.12. The Morgan fingerprint density at radius 2 is 2.10 bits per heavy atom. The molecule has 0 aliphatic rings. The van der Waals surface area contributed by atoms with Crippen LogP contribution in [-0.2, 0) is 6.42 Å². The Morgan fingerprint density at radius 3 is 2.70 bits per heavy atom. The average molecular weight is 307 g/mol. The second-order valence-corrected chi connectivity index (χ2v) is 6.03. The minimum absolute atomic E-state index is 0.340. The molecule has 0 aliphatic carbocycles. The fraction of sp³-hybridized carbons (Fsp3) is 0.385. The first kappa shape index (κ1) is 14.8. The molecule has 0 amide bonds. The highest BCUT2D eigenvalue weighted by Crippen LogP contribution is 2.18. The lowest BCUT2D eigenvalue weighted by atomic mass is 10.1. The summed E-state index contributed by atoms with van der Waals surface area (Å²) in [5.41, 5.74) is 9.45. The molecule has 2 aromatic rings. The Hall–Kier alpha value is -1.60. The van der Waals surface area contributed by atoms with Gasteiger partial charge in [-0.2, -0.15) is 5.10 Å². The normalized spacial score (nSPS) is 10.6. The number of rotatable bonds is 5. The number of nitrogens with zero attached hydrogens (tertiary/aromatic N) is 3. The van der Waals surface area contributed by atoms with Gasteiger partial charge in [-0.15, -0.1) is 16.4 Å². The van der Waals surface area contributed by atoms with Crippen molar-refractivity contribution in [2.75, 3.05) is 11.9 Å². The summed E-state index contributed by atoms with van der Waals surface area (Å²) in [6.07, 6.45) is 0.829. The maximum atomic E-state index is 5.78. The van der Waals surface area contributed by atoms with Crippen molar-refractivity contribution in [3.8, 4) is 0 Å². The summed E-state index contributed by atoms with van der Waals surface area (Å²) in [5.74, 6) is 0.646. The highest BCUT2D eigenvalue weighted by atomic mass is 32.1. The highest BCUT2D eigenvalue weighted by molar-refractivity contribution is 7.80. The van der Waals surface area contributed by atoms with Crippen LogP contribution < -0.4 is 11.1 Å². The zero-order valence-corrected chi connectivity index (χ0v) is 13.4. The predicted molar refractivity (Wildman–Crippen MR) is 86.4 cm³/mol. The molecular formula is C13H17N5S2. The van der Waals surface area contributed by atoms with Crippen molar-refractivity contribution in [3.05, 3.63) is 32.9 Å². The summed E-state index contributed by atoms with van der Waals surface area (Å²) in [6.45, 7) is 6.57. The smallest absolute Gasteiger partial charge is 0.159 e. The second kappa shape index (κ2) is 6.23. The van der Waals surface area contributed by atoms with Crippen LogP contribution in [0.2, 0.25) is 0 Å². The van der Waals surface area contributed by atoms with Gasteiger partial charge in [0.2, 0.25) is 0 Å². The lowest BCUT2D eigenvalue weighted by Crippen LogP contribution is -2.19. The number of aryl methyl sites for hydroxylation is 2. The number of hydrogen-bond acceptors (Lipinski definition) is 6. The topological polar surface area (TPSA) is 76.7 Å². The van der Waals surface area contributed by atoms with E-state index in [1.54, 1.807) is 11.3 Å². The Kier molecular flexibility index (Phi) is 4.61. The lowest BCUT2D eigenvalue weighted by molar-refractivity contribution is 0.917. The molecule has 0 saturated heterocycles. The van der Waals surface area contributed by atoms with Crippen molar-refractivity contribution in [1.29, 1.82) is 0 Å². The van der Waals surface area contributed by atoms with E-state index < -0.39 is 0 Å². The molecule has 2 rings (SSSR count). The molecule has 20 heavy (non-hydrogen) atoms. The molecule has 0 bridgehead atoms. The van der Waals surface area contributed by atoms with E-state index in [0.29, 0.717) is 10.8 Å². The number of anilines is 1. The summed E-state index contributed by atoms with van der Waals surface area (Å²) in [7, 11) is 0. The van der Waals surface area contributed by atoms with Crippen LogP contribution in [0, 0.1) is 20.8 Å². The molecule has 2 heterocycles. The van der Waals surface area contributed by atoms with E-state index in [0.717, 1.165) is 40.5 Å². The first-order chi connectivity index (χ1) is 9.49. The number of aromatic nitrogens is 3. The molecule has 0 atom stereocenters. The molecule has 0 fully saturated rings. The van der Waals surface area contributed by atoms with Gasteiger partial charge in [-0.25, -0.2) is 4.98 Å². The summed E-state index contributed by atoms with van der Waals surface area (Å²) >= 11 is 6.76. The van der Waals surface area contributed by atoms with Crippen molar-refractivity contribution in [1.82, 2.24) is 15.2 Å². The molecule has 0 unspecified atom stereocenters. The highest BCUT2D eigenvalue weighted by Gasteiger charge is 2.13. The zero-order valence-electron chi connectivity index (χ0n) is 11.7. The second-order valence-electron chi connectivity index (χ2n) is 4.53.